The van der Waals surface area contributed by atoms with Gasteiger partial charge in [0.15, 0.2) is 5.11 Å². The molecule has 3 heterocycles. The lowest BCUT2D eigenvalue weighted by atomic mass is 9.98. The van der Waals surface area contributed by atoms with Gasteiger partial charge in [-0.1, -0.05) is 17.7 Å². The zero-order chi connectivity index (χ0) is 19.8. The van der Waals surface area contributed by atoms with Gasteiger partial charge in [-0.15, -0.1) is 0 Å². The van der Waals surface area contributed by atoms with Crippen LogP contribution in [-0.4, -0.2) is 19.8 Å². The van der Waals surface area contributed by atoms with Gasteiger partial charge in [-0.25, -0.2) is 0 Å². The molecule has 5 nitrogen and oxygen atoms in total. The van der Waals surface area contributed by atoms with Gasteiger partial charge in [-0.2, -0.15) is 0 Å². The van der Waals surface area contributed by atoms with E-state index in [1.54, 1.807) is 24.4 Å². The molecule has 0 radical (unpaired) electrons. The number of rotatable bonds is 4. The molecule has 1 aliphatic heterocycles. The highest BCUT2D eigenvalue weighted by atomic mass is 35.5. The predicted octanol–water partition coefficient (Wildman–Crippen LogP) is 5.00. The van der Waals surface area contributed by atoms with Crippen LogP contribution in [0.2, 0.25) is 5.02 Å². The van der Waals surface area contributed by atoms with Crippen molar-refractivity contribution in [1.29, 1.82) is 0 Å². The molecule has 0 saturated carbocycles. The SMILES string of the molecule is CC(C)n1ccc([C@@H]2[C@H](c3ccccn3)NC(=S)N2c2cc(Cl)ccc2O)c1. The number of thiocarbonyl (C=S) groups is 1. The monoisotopic (exact) mass is 412 g/mol. The largest absolute Gasteiger partial charge is 0.506 e. The lowest BCUT2D eigenvalue weighted by Crippen LogP contribution is -2.29. The standard InChI is InChI=1S/C21H21ClN4OS/c1-13(2)25-10-8-14(12-25)20-19(16-5-3-4-9-23-16)24-21(28)26(20)17-11-15(22)6-7-18(17)27/h3-13,19-20,27H,1-2H3,(H,24,28)/t19-,20+/m0/s1. The maximum absolute atomic E-state index is 10.5. The second-order valence-corrected chi connectivity index (χ2v) is 7.94. The van der Waals surface area contributed by atoms with Crippen LogP contribution in [0.5, 0.6) is 5.75 Å². The fraction of sp³-hybridized carbons (Fsp3) is 0.238. The number of phenolic OH excluding ortho intramolecular Hbond substituents is 1. The van der Waals surface area contributed by atoms with Crippen molar-refractivity contribution in [2.75, 3.05) is 4.90 Å². The molecule has 4 rings (SSSR count). The molecule has 0 bridgehead atoms. The summed E-state index contributed by atoms with van der Waals surface area (Å²) >= 11 is 11.9. The maximum Gasteiger partial charge on any atom is 0.174 e. The number of nitrogens with one attached hydrogen (secondary N) is 1. The van der Waals surface area contributed by atoms with Crippen LogP contribution < -0.4 is 10.2 Å². The zero-order valence-corrected chi connectivity index (χ0v) is 17.2. The van der Waals surface area contributed by atoms with Gasteiger partial charge in [0.05, 0.1) is 23.5 Å². The van der Waals surface area contributed by atoms with Crippen molar-refractivity contribution in [3.63, 3.8) is 0 Å². The topological polar surface area (TPSA) is 53.3 Å². The molecule has 0 unspecified atom stereocenters. The van der Waals surface area contributed by atoms with Crippen molar-refractivity contribution in [2.24, 2.45) is 0 Å². The number of nitrogens with zero attached hydrogens (tertiary/aromatic N) is 3. The highest BCUT2D eigenvalue weighted by Crippen LogP contribution is 2.45. The van der Waals surface area contributed by atoms with E-state index in [0.717, 1.165) is 11.3 Å². The van der Waals surface area contributed by atoms with E-state index in [2.05, 4.69) is 47.2 Å². The van der Waals surface area contributed by atoms with Crippen LogP contribution in [0.1, 0.15) is 43.2 Å². The summed E-state index contributed by atoms with van der Waals surface area (Å²) in [6.07, 6.45) is 5.96. The normalized spacial score (nSPS) is 19.3. The number of halogens is 1. The molecule has 2 aromatic heterocycles. The van der Waals surface area contributed by atoms with Gasteiger partial charge >= 0.3 is 0 Å². The summed E-state index contributed by atoms with van der Waals surface area (Å²) < 4.78 is 2.15. The molecule has 1 aliphatic rings. The minimum atomic E-state index is -0.174. The Balaban J connectivity index is 1.85. The molecule has 2 N–H and O–H groups in total. The number of hydrogen-bond acceptors (Lipinski definition) is 3. The van der Waals surface area contributed by atoms with Crippen LogP contribution in [0, 0.1) is 0 Å². The first-order chi connectivity index (χ1) is 13.5. The number of anilines is 1. The molecular formula is C21H21ClN4OS. The number of hydrogen-bond donors (Lipinski definition) is 2. The smallest absolute Gasteiger partial charge is 0.174 e. The summed E-state index contributed by atoms with van der Waals surface area (Å²) in [7, 11) is 0. The minimum absolute atomic E-state index is 0.128. The first-order valence-corrected chi connectivity index (χ1v) is 9.91. The zero-order valence-electron chi connectivity index (χ0n) is 15.6. The Hall–Kier alpha value is -2.57. The van der Waals surface area contributed by atoms with Crippen LogP contribution in [-0.2, 0) is 0 Å². The maximum atomic E-state index is 10.5. The van der Waals surface area contributed by atoms with Crippen molar-refractivity contribution in [3.8, 4) is 5.75 Å². The van der Waals surface area contributed by atoms with Crippen LogP contribution in [0.3, 0.4) is 0 Å². The Morgan fingerprint density at radius 2 is 2.04 bits per heavy atom. The van der Waals surface area contributed by atoms with Gasteiger partial charge in [0.1, 0.15) is 5.75 Å². The third-order valence-corrected chi connectivity index (χ3v) is 5.52. The lowest BCUT2D eigenvalue weighted by molar-refractivity contribution is 0.472. The van der Waals surface area contributed by atoms with Crippen molar-refractivity contribution < 1.29 is 5.11 Å². The fourth-order valence-electron chi connectivity index (χ4n) is 3.57. The van der Waals surface area contributed by atoms with E-state index in [1.165, 1.54) is 0 Å². The van der Waals surface area contributed by atoms with Crippen molar-refractivity contribution in [1.82, 2.24) is 14.9 Å². The Bertz CT molecular complexity index is 1000. The van der Waals surface area contributed by atoms with Gasteiger partial charge in [0.25, 0.3) is 0 Å². The summed E-state index contributed by atoms with van der Waals surface area (Å²) in [5, 5.41) is 15.0. The Labute approximate surface area is 174 Å². The average molecular weight is 413 g/mol. The molecule has 0 aliphatic carbocycles. The van der Waals surface area contributed by atoms with Gasteiger partial charge in [-0.3, -0.25) is 4.98 Å². The molecule has 3 aromatic rings. The quantitative estimate of drug-likeness (QED) is 0.590. The van der Waals surface area contributed by atoms with Gasteiger partial charge in [0.2, 0.25) is 0 Å². The average Bonchev–Trinajstić information content (AvgIpc) is 3.29. The summed E-state index contributed by atoms with van der Waals surface area (Å²) in [6.45, 7) is 4.27. The molecule has 28 heavy (non-hydrogen) atoms. The minimum Gasteiger partial charge on any atom is -0.506 e. The van der Waals surface area contributed by atoms with E-state index in [4.69, 9.17) is 23.8 Å². The highest BCUT2D eigenvalue weighted by Gasteiger charge is 2.42. The van der Waals surface area contributed by atoms with E-state index in [9.17, 15) is 5.11 Å². The summed E-state index contributed by atoms with van der Waals surface area (Å²) in [4.78, 5) is 6.46. The van der Waals surface area contributed by atoms with E-state index in [-0.39, 0.29) is 17.8 Å². The Morgan fingerprint density at radius 1 is 1.21 bits per heavy atom. The van der Waals surface area contributed by atoms with Gasteiger partial charge < -0.3 is 19.9 Å². The van der Waals surface area contributed by atoms with E-state index in [1.807, 2.05) is 23.1 Å². The lowest BCUT2D eigenvalue weighted by Gasteiger charge is -2.28. The number of aromatic nitrogens is 2. The highest BCUT2D eigenvalue weighted by molar-refractivity contribution is 7.80. The molecule has 144 valence electrons. The summed E-state index contributed by atoms with van der Waals surface area (Å²) in [5.41, 5.74) is 2.54. The van der Waals surface area contributed by atoms with Gasteiger partial charge in [-0.05, 0) is 68.0 Å². The van der Waals surface area contributed by atoms with Crippen molar-refractivity contribution in [2.45, 2.75) is 32.0 Å². The van der Waals surface area contributed by atoms with Crippen LogP contribution in [0.25, 0.3) is 0 Å². The number of pyridine rings is 1. The molecule has 1 aromatic carbocycles. The Morgan fingerprint density at radius 3 is 2.71 bits per heavy atom. The molecule has 1 saturated heterocycles. The molecule has 0 spiro atoms. The van der Waals surface area contributed by atoms with Crippen molar-refractivity contribution >= 4 is 34.6 Å². The van der Waals surface area contributed by atoms with Crippen LogP contribution in [0.15, 0.2) is 61.1 Å². The van der Waals surface area contributed by atoms with Crippen LogP contribution in [0.4, 0.5) is 5.69 Å². The molecule has 2 atom stereocenters. The fourth-order valence-corrected chi connectivity index (χ4v) is 4.07. The third-order valence-electron chi connectivity index (χ3n) is 4.97. The first kappa shape index (κ1) is 18.8. The summed E-state index contributed by atoms with van der Waals surface area (Å²) in [5.74, 6) is 0.128. The second kappa shape index (κ2) is 7.45. The van der Waals surface area contributed by atoms with Crippen molar-refractivity contribution in [3.05, 3.63) is 77.3 Å². The number of aromatic hydroxyl groups is 1. The summed E-state index contributed by atoms with van der Waals surface area (Å²) in [6, 6.07) is 12.9. The van der Waals surface area contributed by atoms with E-state index < -0.39 is 0 Å². The molecule has 0 amide bonds. The number of benzene rings is 1. The number of phenols is 1. The Kier molecular flexibility index (Phi) is 5.00. The molecular weight excluding hydrogens is 392 g/mol. The first-order valence-electron chi connectivity index (χ1n) is 9.12. The molecule has 7 heteroatoms. The van der Waals surface area contributed by atoms with Gasteiger partial charge in [0, 0.05) is 29.7 Å². The van der Waals surface area contributed by atoms with Crippen LogP contribution >= 0.6 is 23.8 Å². The molecule has 1 fully saturated rings. The predicted molar refractivity (Wildman–Crippen MR) is 116 cm³/mol. The van der Waals surface area contributed by atoms with E-state index in [0.29, 0.717) is 21.9 Å². The van der Waals surface area contributed by atoms with E-state index >= 15 is 0 Å². The second-order valence-electron chi connectivity index (χ2n) is 7.12. The third kappa shape index (κ3) is 3.34.